The van der Waals surface area contributed by atoms with E-state index in [1.165, 1.54) is 11.3 Å². The first-order valence-electron chi connectivity index (χ1n) is 8.54. The molecule has 0 unspecified atom stereocenters. The summed E-state index contributed by atoms with van der Waals surface area (Å²) in [5, 5.41) is 3.34. The molecule has 6 nitrogen and oxygen atoms in total. The number of ether oxygens (including phenoxy) is 2. The Balaban J connectivity index is 1.73. The number of methoxy groups -OCH3 is 2. The molecule has 0 saturated heterocycles. The number of pyridine rings is 1. The number of fused-ring (bicyclic) bond motifs is 1. The van der Waals surface area contributed by atoms with Crippen molar-refractivity contribution in [2.45, 2.75) is 0 Å². The Morgan fingerprint density at radius 1 is 1.04 bits per heavy atom. The first-order valence-corrected chi connectivity index (χ1v) is 9.35. The number of carbonyl (C=O) groups is 1. The van der Waals surface area contributed by atoms with Crippen molar-refractivity contribution >= 4 is 32.6 Å². The van der Waals surface area contributed by atoms with Gasteiger partial charge < -0.3 is 9.47 Å². The van der Waals surface area contributed by atoms with Gasteiger partial charge in [0, 0.05) is 11.1 Å². The molecule has 1 amide bonds. The lowest BCUT2D eigenvalue weighted by molar-refractivity contribution is 0.102. The van der Waals surface area contributed by atoms with Crippen molar-refractivity contribution in [3.63, 3.8) is 0 Å². The molecular weight excluding hydrogens is 374 g/mol. The lowest BCUT2D eigenvalue weighted by Gasteiger charge is -2.04. The molecule has 140 valence electrons. The van der Waals surface area contributed by atoms with Crippen molar-refractivity contribution < 1.29 is 14.3 Å². The van der Waals surface area contributed by atoms with Crippen LogP contribution >= 0.6 is 11.3 Å². The number of benzene rings is 2. The Bertz CT molecular complexity index is 1140. The number of carbonyl (C=O) groups excluding carboxylic acids is 1. The van der Waals surface area contributed by atoms with Crippen molar-refractivity contribution in [3.8, 4) is 22.8 Å². The molecule has 2 aromatic carbocycles. The van der Waals surface area contributed by atoms with Crippen LogP contribution < -0.4 is 14.8 Å². The Labute approximate surface area is 165 Å². The van der Waals surface area contributed by atoms with Gasteiger partial charge in [-0.1, -0.05) is 47.7 Å². The molecule has 0 aliphatic heterocycles. The van der Waals surface area contributed by atoms with Gasteiger partial charge in [0.2, 0.25) is 0 Å². The highest BCUT2D eigenvalue weighted by atomic mass is 32.1. The monoisotopic (exact) mass is 391 g/mol. The Morgan fingerprint density at radius 2 is 1.86 bits per heavy atom. The van der Waals surface area contributed by atoms with Gasteiger partial charge in [-0.05, 0) is 18.2 Å². The number of hydrogen-bond acceptors (Lipinski definition) is 6. The summed E-state index contributed by atoms with van der Waals surface area (Å²) in [6.07, 6.45) is 1.65. The van der Waals surface area contributed by atoms with Crippen LogP contribution in [0, 0.1) is 0 Å². The summed E-state index contributed by atoms with van der Waals surface area (Å²) in [6, 6.07) is 16.8. The average Bonchev–Trinajstić information content (AvgIpc) is 3.17. The lowest BCUT2D eigenvalue weighted by atomic mass is 10.1. The van der Waals surface area contributed by atoms with E-state index in [1.54, 1.807) is 44.7 Å². The van der Waals surface area contributed by atoms with Crippen molar-refractivity contribution in [2.24, 2.45) is 0 Å². The van der Waals surface area contributed by atoms with Crippen molar-refractivity contribution in [1.82, 2.24) is 9.97 Å². The van der Waals surface area contributed by atoms with Crippen LogP contribution in [0.25, 0.3) is 21.5 Å². The Hall–Kier alpha value is -3.45. The SMILES string of the molecule is COc1cccc(C(=O)Nc2nc3c(OC)cnc(-c4ccccc4)c3s2)c1. The predicted octanol–water partition coefficient (Wildman–Crippen LogP) is 4.63. The zero-order valence-corrected chi connectivity index (χ0v) is 16.1. The van der Waals surface area contributed by atoms with Gasteiger partial charge in [-0.25, -0.2) is 4.98 Å². The summed E-state index contributed by atoms with van der Waals surface area (Å²) >= 11 is 1.36. The molecule has 2 aromatic heterocycles. The van der Waals surface area contributed by atoms with Gasteiger partial charge in [0.15, 0.2) is 10.9 Å². The molecule has 2 heterocycles. The fourth-order valence-electron chi connectivity index (χ4n) is 2.83. The number of amides is 1. The third-order valence-corrected chi connectivity index (χ3v) is 5.18. The van der Waals surface area contributed by atoms with E-state index in [1.807, 2.05) is 30.3 Å². The maximum absolute atomic E-state index is 12.6. The number of nitrogens with zero attached hydrogens (tertiary/aromatic N) is 2. The molecule has 0 fully saturated rings. The minimum absolute atomic E-state index is 0.258. The van der Waals surface area contributed by atoms with Crippen LogP contribution in [-0.4, -0.2) is 30.1 Å². The summed E-state index contributed by atoms with van der Waals surface area (Å²) in [5.41, 5.74) is 2.94. The highest BCUT2D eigenvalue weighted by molar-refractivity contribution is 7.22. The van der Waals surface area contributed by atoms with Gasteiger partial charge in [0.05, 0.1) is 30.8 Å². The summed E-state index contributed by atoms with van der Waals surface area (Å²) in [7, 11) is 3.14. The van der Waals surface area contributed by atoms with Gasteiger partial charge in [-0.15, -0.1) is 0 Å². The molecule has 0 bridgehead atoms. The summed E-state index contributed by atoms with van der Waals surface area (Å²) in [5.74, 6) is 0.924. The van der Waals surface area contributed by atoms with Crippen LogP contribution in [0.2, 0.25) is 0 Å². The normalized spacial score (nSPS) is 10.6. The molecule has 0 saturated carbocycles. The maximum atomic E-state index is 12.6. The van der Waals surface area contributed by atoms with E-state index in [9.17, 15) is 4.79 Å². The van der Waals surface area contributed by atoms with Crippen molar-refractivity contribution in [1.29, 1.82) is 0 Å². The van der Waals surface area contributed by atoms with E-state index in [0.29, 0.717) is 27.7 Å². The smallest absolute Gasteiger partial charge is 0.257 e. The lowest BCUT2D eigenvalue weighted by Crippen LogP contribution is -2.11. The fraction of sp³-hybridized carbons (Fsp3) is 0.0952. The predicted molar refractivity (Wildman–Crippen MR) is 110 cm³/mol. The molecule has 4 aromatic rings. The number of thiazole rings is 1. The van der Waals surface area contributed by atoms with Gasteiger partial charge in [-0.3, -0.25) is 15.1 Å². The quantitative estimate of drug-likeness (QED) is 0.537. The van der Waals surface area contributed by atoms with E-state index >= 15 is 0 Å². The molecule has 0 aliphatic rings. The second kappa shape index (κ2) is 7.66. The van der Waals surface area contributed by atoms with E-state index in [4.69, 9.17) is 9.47 Å². The second-order valence-electron chi connectivity index (χ2n) is 5.92. The molecule has 7 heteroatoms. The average molecular weight is 391 g/mol. The highest BCUT2D eigenvalue weighted by Crippen LogP contribution is 2.38. The molecule has 0 atom stereocenters. The minimum atomic E-state index is -0.258. The number of anilines is 1. The molecule has 0 radical (unpaired) electrons. The zero-order valence-electron chi connectivity index (χ0n) is 15.3. The molecule has 0 aliphatic carbocycles. The topological polar surface area (TPSA) is 73.3 Å². The van der Waals surface area contributed by atoms with Gasteiger partial charge >= 0.3 is 0 Å². The number of nitrogens with one attached hydrogen (secondary N) is 1. The minimum Gasteiger partial charge on any atom is -0.497 e. The van der Waals surface area contributed by atoms with Crippen LogP contribution in [0.3, 0.4) is 0 Å². The summed E-state index contributed by atoms with van der Waals surface area (Å²) in [6.45, 7) is 0. The van der Waals surface area contributed by atoms with E-state index in [0.717, 1.165) is 16.0 Å². The number of rotatable bonds is 5. The third kappa shape index (κ3) is 3.39. The number of hydrogen-bond donors (Lipinski definition) is 1. The standard InChI is InChI=1S/C21H17N3O3S/c1-26-15-10-6-9-14(11-15)20(25)24-21-23-18-16(27-2)12-22-17(19(18)28-21)13-7-4-3-5-8-13/h3-12H,1-2H3,(H,23,24,25). The van der Waals surface area contributed by atoms with Gasteiger partial charge in [0.1, 0.15) is 11.3 Å². The van der Waals surface area contributed by atoms with Crippen LogP contribution in [0.4, 0.5) is 5.13 Å². The second-order valence-corrected chi connectivity index (χ2v) is 6.92. The first-order chi connectivity index (χ1) is 13.7. The Morgan fingerprint density at radius 3 is 2.61 bits per heavy atom. The van der Waals surface area contributed by atoms with Crippen LogP contribution in [0.15, 0.2) is 60.8 Å². The van der Waals surface area contributed by atoms with Crippen molar-refractivity contribution in [2.75, 3.05) is 19.5 Å². The van der Waals surface area contributed by atoms with Crippen LogP contribution in [-0.2, 0) is 0 Å². The van der Waals surface area contributed by atoms with Crippen LogP contribution in [0.5, 0.6) is 11.5 Å². The molecule has 0 spiro atoms. The van der Waals surface area contributed by atoms with Crippen LogP contribution in [0.1, 0.15) is 10.4 Å². The van der Waals surface area contributed by atoms with Gasteiger partial charge in [-0.2, -0.15) is 0 Å². The number of aromatic nitrogens is 2. The molecule has 28 heavy (non-hydrogen) atoms. The molecular formula is C21H17N3O3S. The zero-order chi connectivity index (χ0) is 19.5. The fourth-order valence-corrected chi connectivity index (χ4v) is 3.81. The highest BCUT2D eigenvalue weighted by Gasteiger charge is 2.17. The largest absolute Gasteiger partial charge is 0.497 e. The molecule has 4 rings (SSSR count). The van der Waals surface area contributed by atoms with Crippen molar-refractivity contribution in [3.05, 3.63) is 66.4 Å². The molecule has 1 N–H and O–H groups in total. The first kappa shape index (κ1) is 17.9. The summed E-state index contributed by atoms with van der Waals surface area (Å²) in [4.78, 5) is 21.7. The summed E-state index contributed by atoms with van der Waals surface area (Å²) < 4.78 is 11.4. The maximum Gasteiger partial charge on any atom is 0.257 e. The van der Waals surface area contributed by atoms with E-state index in [-0.39, 0.29) is 5.91 Å². The Kier molecular flexibility index (Phi) is 4.90. The van der Waals surface area contributed by atoms with Gasteiger partial charge in [0.25, 0.3) is 5.91 Å². The van der Waals surface area contributed by atoms with E-state index < -0.39 is 0 Å². The van der Waals surface area contributed by atoms with E-state index in [2.05, 4.69) is 15.3 Å². The third-order valence-electron chi connectivity index (χ3n) is 4.21.